The molecule has 0 aliphatic rings. The molecule has 0 saturated carbocycles. The molecule has 134 valence electrons. The molecular formula is C21H18N4O2. The highest BCUT2D eigenvalue weighted by molar-refractivity contribution is 5.99. The zero-order chi connectivity index (χ0) is 18.8. The minimum atomic E-state index is -0.165. The van der Waals surface area contributed by atoms with Crippen LogP contribution in [0.2, 0.25) is 0 Å². The third-order valence-corrected chi connectivity index (χ3v) is 4.64. The van der Waals surface area contributed by atoms with Gasteiger partial charge in [0.05, 0.1) is 0 Å². The van der Waals surface area contributed by atoms with Crippen LogP contribution in [0.4, 0.5) is 0 Å². The Morgan fingerprint density at radius 2 is 1.96 bits per heavy atom. The van der Waals surface area contributed by atoms with Gasteiger partial charge in [-0.1, -0.05) is 36.4 Å². The highest BCUT2D eigenvalue weighted by Gasteiger charge is 2.08. The largest absolute Gasteiger partial charge is 0.388 e. The normalized spacial score (nSPS) is 11.0. The Kier molecular flexibility index (Phi) is 4.40. The van der Waals surface area contributed by atoms with Crippen LogP contribution in [-0.2, 0) is 13.2 Å². The topological polar surface area (TPSA) is 94.8 Å². The average Bonchev–Trinajstić information content (AvgIpc) is 3.15. The van der Waals surface area contributed by atoms with Crippen molar-refractivity contribution in [3.05, 3.63) is 88.2 Å². The zero-order valence-corrected chi connectivity index (χ0v) is 14.5. The van der Waals surface area contributed by atoms with Crippen molar-refractivity contribution in [1.29, 1.82) is 5.41 Å². The first-order chi connectivity index (χ1) is 13.2. The van der Waals surface area contributed by atoms with Gasteiger partial charge in [0.25, 0.3) is 5.56 Å². The molecule has 0 unspecified atom stereocenters. The van der Waals surface area contributed by atoms with E-state index in [1.807, 2.05) is 47.2 Å². The number of rotatable bonds is 5. The second-order valence-corrected chi connectivity index (χ2v) is 6.29. The van der Waals surface area contributed by atoms with E-state index in [1.165, 1.54) is 6.21 Å². The summed E-state index contributed by atoms with van der Waals surface area (Å²) in [5.74, 6) is 0.622. The van der Waals surface area contributed by atoms with Gasteiger partial charge in [-0.2, -0.15) is 0 Å². The molecule has 4 rings (SSSR count). The Morgan fingerprint density at radius 3 is 2.70 bits per heavy atom. The van der Waals surface area contributed by atoms with Crippen molar-refractivity contribution in [1.82, 2.24) is 14.5 Å². The Labute approximate surface area is 155 Å². The first-order valence-corrected chi connectivity index (χ1v) is 8.56. The van der Waals surface area contributed by atoms with E-state index in [-0.39, 0.29) is 12.2 Å². The van der Waals surface area contributed by atoms with Crippen LogP contribution in [0.1, 0.15) is 17.0 Å². The molecule has 0 aliphatic heterocycles. The maximum Gasteiger partial charge on any atom is 0.256 e. The first-order valence-electron chi connectivity index (χ1n) is 8.56. The van der Waals surface area contributed by atoms with Crippen molar-refractivity contribution in [2.45, 2.75) is 13.2 Å². The van der Waals surface area contributed by atoms with Gasteiger partial charge in [0.1, 0.15) is 12.4 Å². The lowest BCUT2D eigenvalue weighted by molar-refractivity contribution is 0.266. The fourth-order valence-corrected chi connectivity index (χ4v) is 3.22. The predicted octanol–water partition coefficient (Wildman–Crippen LogP) is 2.93. The number of hydrogen-bond donors (Lipinski definition) is 3. The molecule has 0 radical (unpaired) electrons. The van der Waals surface area contributed by atoms with Crippen molar-refractivity contribution in [3.63, 3.8) is 0 Å². The van der Waals surface area contributed by atoms with E-state index >= 15 is 0 Å². The maximum absolute atomic E-state index is 12.4. The predicted molar refractivity (Wildman–Crippen MR) is 105 cm³/mol. The smallest absolute Gasteiger partial charge is 0.256 e. The van der Waals surface area contributed by atoms with E-state index in [2.05, 4.69) is 9.97 Å². The molecule has 0 fully saturated rings. The van der Waals surface area contributed by atoms with Gasteiger partial charge in [0.15, 0.2) is 0 Å². The number of aromatic amines is 1. The van der Waals surface area contributed by atoms with Crippen LogP contribution in [0.25, 0.3) is 22.0 Å². The molecular weight excluding hydrogens is 340 g/mol. The van der Waals surface area contributed by atoms with Gasteiger partial charge in [-0.3, -0.25) is 4.79 Å². The zero-order valence-electron chi connectivity index (χ0n) is 14.5. The maximum atomic E-state index is 12.4. The monoisotopic (exact) mass is 358 g/mol. The molecule has 3 N–H and O–H groups in total. The molecule has 6 heteroatoms. The number of hydrogen-bond acceptors (Lipinski definition) is 4. The van der Waals surface area contributed by atoms with E-state index in [0.29, 0.717) is 29.0 Å². The number of imidazole rings is 1. The quantitative estimate of drug-likeness (QED) is 0.479. The molecule has 2 aromatic carbocycles. The summed E-state index contributed by atoms with van der Waals surface area (Å²) >= 11 is 0. The van der Waals surface area contributed by atoms with E-state index in [4.69, 9.17) is 5.41 Å². The van der Waals surface area contributed by atoms with Gasteiger partial charge >= 0.3 is 0 Å². The SMILES string of the molecule is N=Cc1cccc2c(=O)[nH]c(-c3ccc(Cn4ccnc4CO)cc3)cc12. The van der Waals surface area contributed by atoms with Crippen molar-refractivity contribution >= 4 is 17.0 Å². The fourth-order valence-electron chi connectivity index (χ4n) is 3.22. The lowest BCUT2D eigenvalue weighted by atomic mass is 10.0. The molecule has 2 aromatic heterocycles. The minimum Gasteiger partial charge on any atom is -0.388 e. The van der Waals surface area contributed by atoms with Crippen molar-refractivity contribution < 1.29 is 5.11 Å². The van der Waals surface area contributed by atoms with Gasteiger partial charge in [-0.15, -0.1) is 0 Å². The van der Waals surface area contributed by atoms with Gasteiger partial charge in [-0.05, 0) is 28.6 Å². The summed E-state index contributed by atoms with van der Waals surface area (Å²) in [6, 6.07) is 15.2. The summed E-state index contributed by atoms with van der Waals surface area (Å²) in [4.78, 5) is 19.5. The lowest BCUT2D eigenvalue weighted by Gasteiger charge is -2.09. The standard InChI is InChI=1S/C21H18N4O2/c22-11-16-2-1-3-17-18(16)10-19(24-21(17)27)15-6-4-14(5-7-15)12-25-9-8-23-20(25)13-26/h1-11,22,26H,12-13H2,(H,24,27). The van der Waals surface area contributed by atoms with Crippen LogP contribution in [0.3, 0.4) is 0 Å². The van der Waals surface area contributed by atoms with E-state index < -0.39 is 0 Å². The Hall–Kier alpha value is -3.51. The van der Waals surface area contributed by atoms with E-state index in [9.17, 15) is 9.90 Å². The summed E-state index contributed by atoms with van der Waals surface area (Å²) in [5.41, 5.74) is 3.22. The second-order valence-electron chi connectivity index (χ2n) is 6.29. The number of nitrogens with one attached hydrogen (secondary N) is 2. The molecule has 0 amide bonds. The molecule has 27 heavy (non-hydrogen) atoms. The van der Waals surface area contributed by atoms with Crippen molar-refractivity contribution in [2.24, 2.45) is 0 Å². The summed E-state index contributed by atoms with van der Waals surface area (Å²) in [6.07, 6.45) is 4.76. The van der Waals surface area contributed by atoms with Crippen molar-refractivity contribution in [3.8, 4) is 11.3 Å². The third kappa shape index (κ3) is 3.18. The first kappa shape index (κ1) is 16.9. The molecule has 0 bridgehead atoms. The number of pyridine rings is 1. The molecule has 6 nitrogen and oxygen atoms in total. The molecule has 0 atom stereocenters. The number of H-pyrrole nitrogens is 1. The molecule has 4 aromatic rings. The summed E-state index contributed by atoms with van der Waals surface area (Å²) < 4.78 is 1.89. The Bertz CT molecular complexity index is 1170. The number of fused-ring (bicyclic) bond motifs is 1. The van der Waals surface area contributed by atoms with Crippen LogP contribution < -0.4 is 5.56 Å². The van der Waals surface area contributed by atoms with Crippen LogP contribution in [-0.4, -0.2) is 25.9 Å². The van der Waals surface area contributed by atoms with Crippen LogP contribution in [0.5, 0.6) is 0 Å². The number of aromatic nitrogens is 3. The Morgan fingerprint density at radius 1 is 1.15 bits per heavy atom. The second kappa shape index (κ2) is 7.01. The van der Waals surface area contributed by atoms with E-state index in [0.717, 1.165) is 16.5 Å². The third-order valence-electron chi connectivity index (χ3n) is 4.64. The van der Waals surface area contributed by atoms with E-state index in [1.54, 1.807) is 18.3 Å². The summed E-state index contributed by atoms with van der Waals surface area (Å²) in [5, 5.41) is 18.2. The highest BCUT2D eigenvalue weighted by atomic mass is 16.3. The van der Waals surface area contributed by atoms with Gasteiger partial charge in [0.2, 0.25) is 0 Å². The minimum absolute atomic E-state index is 0.0985. The fraction of sp³-hybridized carbons (Fsp3) is 0.0952. The molecule has 0 aliphatic carbocycles. The number of aliphatic hydroxyl groups is 1. The average molecular weight is 358 g/mol. The summed E-state index contributed by atoms with van der Waals surface area (Å²) in [7, 11) is 0. The molecule has 0 spiro atoms. The van der Waals surface area contributed by atoms with Crippen molar-refractivity contribution in [2.75, 3.05) is 0 Å². The number of benzene rings is 2. The van der Waals surface area contributed by atoms with Gasteiger partial charge < -0.3 is 20.1 Å². The number of aliphatic hydroxyl groups excluding tert-OH is 1. The number of nitrogens with zero attached hydrogens (tertiary/aromatic N) is 2. The Balaban J connectivity index is 1.70. The van der Waals surface area contributed by atoms with Crippen LogP contribution in [0.15, 0.2) is 65.7 Å². The highest BCUT2D eigenvalue weighted by Crippen LogP contribution is 2.22. The van der Waals surface area contributed by atoms with Gasteiger partial charge in [-0.25, -0.2) is 4.98 Å². The van der Waals surface area contributed by atoms with Gasteiger partial charge in [0, 0.05) is 41.8 Å². The molecule has 2 heterocycles. The summed E-state index contributed by atoms with van der Waals surface area (Å²) in [6.45, 7) is 0.515. The molecule has 0 saturated heterocycles. The van der Waals surface area contributed by atoms with Crippen LogP contribution >= 0.6 is 0 Å². The van der Waals surface area contributed by atoms with Crippen LogP contribution in [0, 0.1) is 5.41 Å². The lowest BCUT2D eigenvalue weighted by Crippen LogP contribution is -2.08.